The molecule has 0 fully saturated rings. The van der Waals surface area contributed by atoms with Crippen LogP contribution in [0.3, 0.4) is 0 Å². The van der Waals surface area contributed by atoms with E-state index in [2.05, 4.69) is 0 Å². The maximum Gasteiger partial charge on any atom is 0.123 e. The first-order valence-corrected chi connectivity index (χ1v) is 5.66. The van der Waals surface area contributed by atoms with Gasteiger partial charge in [0.15, 0.2) is 0 Å². The van der Waals surface area contributed by atoms with Gasteiger partial charge < -0.3 is 10.2 Å². The molecular formula is C15H16O2. The van der Waals surface area contributed by atoms with Crippen LogP contribution in [0.4, 0.5) is 0 Å². The zero-order chi connectivity index (χ0) is 12.4. The lowest BCUT2D eigenvalue weighted by atomic mass is 9.88. The molecule has 1 aliphatic carbocycles. The highest BCUT2D eigenvalue weighted by molar-refractivity contribution is 5.86. The van der Waals surface area contributed by atoms with Gasteiger partial charge in [-0.15, -0.1) is 0 Å². The fourth-order valence-electron chi connectivity index (χ4n) is 2.07. The Labute approximate surface area is 101 Å². The van der Waals surface area contributed by atoms with Crippen LogP contribution in [-0.4, -0.2) is 10.2 Å². The van der Waals surface area contributed by atoms with Crippen molar-refractivity contribution in [3.63, 3.8) is 0 Å². The van der Waals surface area contributed by atoms with Gasteiger partial charge in [-0.2, -0.15) is 0 Å². The molecule has 0 atom stereocenters. The molecule has 1 aromatic rings. The Morgan fingerprint density at radius 2 is 1.82 bits per heavy atom. The first-order chi connectivity index (χ1) is 8.11. The number of rotatable bonds is 1. The summed E-state index contributed by atoms with van der Waals surface area (Å²) < 4.78 is 0. The van der Waals surface area contributed by atoms with E-state index < -0.39 is 0 Å². The molecule has 2 N–H and O–H groups in total. The molecule has 0 radical (unpaired) electrons. The van der Waals surface area contributed by atoms with Crippen LogP contribution in [0.25, 0.3) is 5.57 Å². The number of aliphatic hydroxyl groups is 1. The fourth-order valence-corrected chi connectivity index (χ4v) is 2.07. The smallest absolute Gasteiger partial charge is 0.123 e. The van der Waals surface area contributed by atoms with E-state index in [0.29, 0.717) is 5.56 Å². The molecule has 0 saturated carbocycles. The average Bonchev–Trinajstić information content (AvgIpc) is 2.30. The molecule has 0 amide bonds. The number of allylic oxidation sites excluding steroid dienone is 5. The van der Waals surface area contributed by atoms with Crippen molar-refractivity contribution in [1.82, 2.24) is 0 Å². The number of aromatic hydroxyl groups is 1. The van der Waals surface area contributed by atoms with Gasteiger partial charge in [-0.1, -0.05) is 29.8 Å². The number of para-hydroxylation sites is 1. The van der Waals surface area contributed by atoms with E-state index in [9.17, 15) is 10.2 Å². The van der Waals surface area contributed by atoms with Gasteiger partial charge in [-0.25, -0.2) is 0 Å². The molecule has 2 nitrogen and oxygen atoms in total. The largest absolute Gasteiger partial charge is 0.507 e. The second kappa shape index (κ2) is 4.50. The van der Waals surface area contributed by atoms with Gasteiger partial charge in [-0.3, -0.25) is 0 Å². The molecule has 0 saturated heterocycles. The van der Waals surface area contributed by atoms with E-state index in [1.54, 1.807) is 18.2 Å². The lowest BCUT2D eigenvalue weighted by Gasteiger charge is -2.18. The second-order valence-corrected chi connectivity index (χ2v) is 4.36. The van der Waals surface area contributed by atoms with Gasteiger partial charge in [0, 0.05) is 11.1 Å². The van der Waals surface area contributed by atoms with E-state index in [1.807, 2.05) is 32.1 Å². The topological polar surface area (TPSA) is 40.5 Å². The quantitative estimate of drug-likeness (QED) is 0.763. The van der Waals surface area contributed by atoms with Crippen LogP contribution >= 0.6 is 0 Å². The Hall–Kier alpha value is -1.96. The van der Waals surface area contributed by atoms with Crippen LogP contribution in [-0.2, 0) is 0 Å². The zero-order valence-electron chi connectivity index (χ0n) is 10.1. The van der Waals surface area contributed by atoms with E-state index in [0.717, 1.165) is 23.1 Å². The van der Waals surface area contributed by atoms with Crippen molar-refractivity contribution in [2.45, 2.75) is 20.3 Å². The van der Waals surface area contributed by atoms with Gasteiger partial charge >= 0.3 is 0 Å². The molecule has 88 valence electrons. The van der Waals surface area contributed by atoms with Crippen LogP contribution in [0, 0.1) is 0 Å². The normalized spacial score (nSPS) is 15.3. The van der Waals surface area contributed by atoms with Gasteiger partial charge in [-0.05, 0) is 38.0 Å². The third kappa shape index (κ3) is 2.11. The SMILES string of the molecule is CC(C)=C1CC=CC(O)=C1c1ccccc1O. The molecule has 0 spiro atoms. The molecule has 0 aromatic heterocycles. The van der Waals surface area contributed by atoms with Crippen molar-refractivity contribution in [2.75, 3.05) is 0 Å². The Balaban J connectivity index is 2.66. The standard InChI is InChI=1S/C15H16O2/c1-10(2)11-7-5-9-14(17)15(11)12-6-3-4-8-13(12)16/h3-6,8-9,16-17H,7H2,1-2H3. The molecule has 0 bridgehead atoms. The maximum absolute atomic E-state index is 10.0. The number of phenolic OH excluding ortho intramolecular Hbond substituents is 1. The van der Waals surface area contributed by atoms with Gasteiger partial charge in [0.1, 0.15) is 11.5 Å². The molecule has 0 aliphatic heterocycles. The molecule has 0 heterocycles. The average molecular weight is 228 g/mol. The summed E-state index contributed by atoms with van der Waals surface area (Å²) >= 11 is 0. The molecule has 1 aromatic carbocycles. The van der Waals surface area contributed by atoms with Crippen LogP contribution in [0.5, 0.6) is 5.75 Å². The summed E-state index contributed by atoms with van der Waals surface area (Å²) in [5.41, 5.74) is 3.65. The third-order valence-electron chi connectivity index (χ3n) is 2.93. The summed E-state index contributed by atoms with van der Waals surface area (Å²) in [7, 11) is 0. The fraction of sp³-hybridized carbons (Fsp3) is 0.200. The summed E-state index contributed by atoms with van der Waals surface area (Å²) in [4.78, 5) is 0. The van der Waals surface area contributed by atoms with Crippen molar-refractivity contribution in [2.24, 2.45) is 0 Å². The Kier molecular flexibility index (Phi) is 3.05. The first-order valence-electron chi connectivity index (χ1n) is 5.66. The minimum atomic E-state index is 0.197. The highest BCUT2D eigenvalue weighted by Crippen LogP contribution is 2.37. The summed E-state index contributed by atoms with van der Waals surface area (Å²) in [6.07, 6.45) is 4.41. The lowest BCUT2D eigenvalue weighted by Crippen LogP contribution is -2.00. The summed E-state index contributed by atoms with van der Waals surface area (Å²) in [6.45, 7) is 4.03. The molecular weight excluding hydrogens is 212 g/mol. The highest BCUT2D eigenvalue weighted by Gasteiger charge is 2.18. The van der Waals surface area contributed by atoms with Crippen LogP contribution in [0.15, 0.2) is 53.3 Å². The minimum absolute atomic E-state index is 0.197. The Bertz CT molecular complexity index is 530. The predicted molar refractivity (Wildman–Crippen MR) is 69.8 cm³/mol. The summed E-state index contributed by atoms with van der Waals surface area (Å²) in [5, 5.41) is 19.9. The molecule has 17 heavy (non-hydrogen) atoms. The molecule has 2 rings (SSSR count). The van der Waals surface area contributed by atoms with E-state index >= 15 is 0 Å². The number of hydrogen-bond acceptors (Lipinski definition) is 2. The summed E-state index contributed by atoms with van der Waals surface area (Å²) in [5.74, 6) is 0.414. The second-order valence-electron chi connectivity index (χ2n) is 4.36. The number of aliphatic hydroxyl groups excluding tert-OH is 1. The minimum Gasteiger partial charge on any atom is -0.507 e. The van der Waals surface area contributed by atoms with Crippen LogP contribution in [0.2, 0.25) is 0 Å². The van der Waals surface area contributed by atoms with Crippen molar-refractivity contribution < 1.29 is 10.2 Å². The molecule has 0 unspecified atom stereocenters. The monoisotopic (exact) mass is 228 g/mol. The van der Waals surface area contributed by atoms with Gasteiger partial charge in [0.05, 0.1) is 0 Å². The third-order valence-corrected chi connectivity index (χ3v) is 2.93. The molecule has 1 aliphatic rings. The number of hydrogen-bond donors (Lipinski definition) is 2. The van der Waals surface area contributed by atoms with Gasteiger partial charge in [0.2, 0.25) is 0 Å². The van der Waals surface area contributed by atoms with Crippen LogP contribution in [0.1, 0.15) is 25.8 Å². The Morgan fingerprint density at radius 3 is 2.47 bits per heavy atom. The van der Waals surface area contributed by atoms with Crippen LogP contribution < -0.4 is 0 Å². The van der Waals surface area contributed by atoms with E-state index in [-0.39, 0.29) is 11.5 Å². The molecule has 2 heteroatoms. The van der Waals surface area contributed by atoms with Gasteiger partial charge in [0.25, 0.3) is 0 Å². The Morgan fingerprint density at radius 1 is 1.12 bits per heavy atom. The number of benzene rings is 1. The van der Waals surface area contributed by atoms with Crippen molar-refractivity contribution in [3.8, 4) is 5.75 Å². The van der Waals surface area contributed by atoms with Crippen molar-refractivity contribution >= 4 is 5.57 Å². The summed E-state index contributed by atoms with van der Waals surface area (Å²) in [6, 6.07) is 7.09. The van der Waals surface area contributed by atoms with Crippen molar-refractivity contribution in [1.29, 1.82) is 0 Å². The predicted octanol–water partition coefficient (Wildman–Crippen LogP) is 3.96. The first kappa shape index (κ1) is 11.5. The van der Waals surface area contributed by atoms with Crippen molar-refractivity contribution in [3.05, 3.63) is 58.9 Å². The lowest BCUT2D eigenvalue weighted by molar-refractivity contribution is 0.432. The van der Waals surface area contributed by atoms with E-state index in [1.165, 1.54) is 0 Å². The van der Waals surface area contributed by atoms with E-state index in [4.69, 9.17) is 0 Å². The number of phenols is 1. The highest BCUT2D eigenvalue weighted by atomic mass is 16.3. The zero-order valence-corrected chi connectivity index (χ0v) is 10.1. The maximum atomic E-state index is 10.0.